The topological polar surface area (TPSA) is 98.2 Å². The highest BCUT2D eigenvalue weighted by atomic mass is 32.2. The summed E-state index contributed by atoms with van der Waals surface area (Å²) in [5.41, 5.74) is 2.56. The molecular weight excluding hydrogens is 314 g/mol. The van der Waals surface area contributed by atoms with Crippen LogP contribution in [0.15, 0.2) is 28.0 Å². The lowest BCUT2D eigenvalue weighted by Gasteiger charge is -2.07. The van der Waals surface area contributed by atoms with E-state index in [-0.39, 0.29) is 16.4 Å². The van der Waals surface area contributed by atoms with Crippen molar-refractivity contribution in [2.75, 3.05) is 7.11 Å². The number of methoxy groups -OCH3 is 1. The van der Waals surface area contributed by atoms with E-state index >= 15 is 0 Å². The molecule has 0 bridgehead atoms. The van der Waals surface area contributed by atoms with Gasteiger partial charge in [0.1, 0.15) is 0 Å². The van der Waals surface area contributed by atoms with Gasteiger partial charge in [-0.3, -0.25) is 4.98 Å². The van der Waals surface area contributed by atoms with Crippen LogP contribution in [0.4, 0.5) is 0 Å². The average Bonchev–Trinajstić information content (AvgIpc) is 2.96. The molecule has 0 unspecified atom stereocenters. The van der Waals surface area contributed by atoms with Gasteiger partial charge in [0, 0.05) is 6.20 Å². The van der Waals surface area contributed by atoms with Crippen LogP contribution >= 0.6 is 11.3 Å². The fourth-order valence-electron chi connectivity index (χ4n) is 1.59. The van der Waals surface area contributed by atoms with Gasteiger partial charge in [0.15, 0.2) is 9.90 Å². The second-order valence-electron chi connectivity index (χ2n) is 4.07. The molecule has 2 aromatic heterocycles. The summed E-state index contributed by atoms with van der Waals surface area (Å²) in [6, 6.07) is 3.61. The molecule has 0 aliphatic carbocycles. The molecule has 2 heterocycles. The van der Waals surface area contributed by atoms with Crippen LogP contribution in [-0.2, 0) is 21.3 Å². The summed E-state index contributed by atoms with van der Waals surface area (Å²) in [5, 5.41) is 0. The molecule has 2 rings (SSSR count). The highest BCUT2D eigenvalue weighted by Crippen LogP contribution is 2.20. The van der Waals surface area contributed by atoms with Gasteiger partial charge in [-0.25, -0.2) is 22.9 Å². The van der Waals surface area contributed by atoms with Crippen molar-refractivity contribution in [3.63, 3.8) is 0 Å². The van der Waals surface area contributed by atoms with Crippen molar-refractivity contribution in [2.24, 2.45) is 0 Å². The molecular formula is C12H13N3O4S2. The zero-order valence-corrected chi connectivity index (χ0v) is 13.0. The van der Waals surface area contributed by atoms with Crippen molar-refractivity contribution >= 4 is 27.3 Å². The van der Waals surface area contributed by atoms with E-state index in [9.17, 15) is 13.2 Å². The van der Waals surface area contributed by atoms with Gasteiger partial charge in [-0.1, -0.05) is 6.07 Å². The minimum Gasteiger partial charge on any atom is -0.464 e. The number of nitrogens with one attached hydrogen (secondary N) is 1. The first-order chi connectivity index (χ1) is 9.95. The van der Waals surface area contributed by atoms with Crippen LogP contribution < -0.4 is 4.72 Å². The number of ether oxygens (including phenoxy) is 1. The standard InChI is InChI=1S/C12H13N3O4S2/c1-8-4-3-5-13-9(8)6-15-21(17,18)12-10(11(16)19-2)14-7-20-12/h3-5,7,15H,6H2,1-2H3. The van der Waals surface area contributed by atoms with Crippen LogP contribution in [-0.4, -0.2) is 31.5 Å². The summed E-state index contributed by atoms with van der Waals surface area (Å²) < 4.78 is 31.2. The van der Waals surface area contributed by atoms with E-state index in [2.05, 4.69) is 19.4 Å². The normalized spacial score (nSPS) is 11.3. The van der Waals surface area contributed by atoms with Crippen LogP contribution in [0.1, 0.15) is 21.7 Å². The van der Waals surface area contributed by atoms with Crippen LogP contribution in [0.25, 0.3) is 0 Å². The zero-order valence-electron chi connectivity index (χ0n) is 11.4. The first-order valence-corrected chi connectivity index (χ1v) is 8.24. The molecule has 112 valence electrons. The van der Waals surface area contributed by atoms with Crippen LogP contribution in [0.3, 0.4) is 0 Å². The number of pyridine rings is 1. The Bertz CT molecular complexity index is 755. The van der Waals surface area contributed by atoms with E-state index in [1.54, 1.807) is 12.3 Å². The van der Waals surface area contributed by atoms with Crippen LogP contribution in [0, 0.1) is 6.92 Å². The molecule has 0 aliphatic heterocycles. The van der Waals surface area contributed by atoms with Crippen LogP contribution in [0.2, 0.25) is 0 Å². The zero-order chi connectivity index (χ0) is 15.5. The van der Waals surface area contributed by atoms with Crippen LogP contribution in [0.5, 0.6) is 0 Å². The Balaban J connectivity index is 2.22. The second-order valence-corrected chi connectivity index (χ2v) is 6.89. The number of nitrogens with zero attached hydrogens (tertiary/aromatic N) is 2. The van der Waals surface area contributed by atoms with Gasteiger partial charge in [-0.2, -0.15) is 0 Å². The van der Waals surface area contributed by atoms with E-state index < -0.39 is 16.0 Å². The van der Waals surface area contributed by atoms with Gasteiger partial charge in [0.25, 0.3) is 10.0 Å². The number of sulfonamides is 1. The lowest BCUT2D eigenvalue weighted by Crippen LogP contribution is -2.25. The number of esters is 1. The number of aromatic nitrogens is 2. The Labute approximate surface area is 126 Å². The fraction of sp³-hybridized carbons (Fsp3) is 0.250. The molecule has 0 saturated heterocycles. The van der Waals surface area contributed by atoms with Gasteiger partial charge in [-0.05, 0) is 18.6 Å². The number of rotatable bonds is 5. The summed E-state index contributed by atoms with van der Waals surface area (Å²) in [4.78, 5) is 19.3. The number of hydrogen-bond acceptors (Lipinski definition) is 7. The number of hydrogen-bond donors (Lipinski definition) is 1. The molecule has 1 N–H and O–H groups in total. The molecule has 0 amide bonds. The number of thiazole rings is 1. The van der Waals surface area contributed by atoms with Gasteiger partial charge in [-0.15, -0.1) is 11.3 Å². The number of carbonyl (C=O) groups is 1. The van der Waals surface area contributed by atoms with Crippen molar-refractivity contribution in [1.82, 2.24) is 14.7 Å². The Kier molecular flexibility index (Phi) is 4.66. The minimum absolute atomic E-state index is 0.0352. The molecule has 0 atom stereocenters. The SMILES string of the molecule is COC(=O)c1ncsc1S(=O)(=O)NCc1ncccc1C. The Hall–Kier alpha value is -1.84. The van der Waals surface area contributed by atoms with Gasteiger partial charge in [0.05, 0.1) is 24.9 Å². The van der Waals surface area contributed by atoms with E-state index in [0.29, 0.717) is 5.69 Å². The Morgan fingerprint density at radius 2 is 2.19 bits per heavy atom. The first-order valence-electron chi connectivity index (χ1n) is 5.87. The van der Waals surface area contributed by atoms with E-state index in [1.165, 1.54) is 12.6 Å². The maximum absolute atomic E-state index is 12.2. The Morgan fingerprint density at radius 1 is 1.43 bits per heavy atom. The van der Waals surface area contributed by atoms with E-state index in [0.717, 1.165) is 16.9 Å². The summed E-state index contributed by atoms with van der Waals surface area (Å²) >= 11 is 0.857. The lowest BCUT2D eigenvalue weighted by atomic mass is 10.2. The molecule has 0 aromatic carbocycles. The van der Waals surface area contributed by atoms with Gasteiger partial charge >= 0.3 is 5.97 Å². The van der Waals surface area contributed by atoms with Crippen molar-refractivity contribution in [3.05, 3.63) is 40.8 Å². The quantitative estimate of drug-likeness (QED) is 0.826. The van der Waals surface area contributed by atoms with Crippen molar-refractivity contribution in [2.45, 2.75) is 17.7 Å². The van der Waals surface area contributed by atoms with Crippen molar-refractivity contribution in [3.8, 4) is 0 Å². The van der Waals surface area contributed by atoms with E-state index in [1.807, 2.05) is 13.0 Å². The first kappa shape index (κ1) is 15.5. The maximum atomic E-state index is 12.2. The highest BCUT2D eigenvalue weighted by Gasteiger charge is 2.26. The van der Waals surface area contributed by atoms with Gasteiger partial charge < -0.3 is 4.74 Å². The summed E-state index contributed by atoms with van der Waals surface area (Å²) in [6.45, 7) is 1.87. The Morgan fingerprint density at radius 3 is 2.86 bits per heavy atom. The monoisotopic (exact) mass is 327 g/mol. The highest BCUT2D eigenvalue weighted by molar-refractivity contribution is 7.91. The van der Waals surface area contributed by atoms with Crippen molar-refractivity contribution in [1.29, 1.82) is 0 Å². The molecule has 0 saturated carbocycles. The third-order valence-electron chi connectivity index (χ3n) is 2.71. The largest absolute Gasteiger partial charge is 0.464 e. The minimum atomic E-state index is -3.85. The average molecular weight is 327 g/mol. The number of carbonyl (C=O) groups excluding carboxylic acids is 1. The predicted octanol–water partition coefficient (Wildman–Crippen LogP) is 1.11. The smallest absolute Gasteiger partial charge is 0.358 e. The summed E-state index contributed by atoms with van der Waals surface area (Å²) in [5.74, 6) is -0.786. The van der Waals surface area contributed by atoms with Crippen molar-refractivity contribution < 1.29 is 17.9 Å². The molecule has 7 nitrogen and oxygen atoms in total. The van der Waals surface area contributed by atoms with Gasteiger partial charge in [0.2, 0.25) is 0 Å². The third-order valence-corrected chi connectivity index (χ3v) is 5.48. The molecule has 21 heavy (non-hydrogen) atoms. The summed E-state index contributed by atoms with van der Waals surface area (Å²) in [7, 11) is -2.68. The second kappa shape index (κ2) is 6.29. The molecule has 0 spiro atoms. The predicted molar refractivity (Wildman–Crippen MR) is 76.5 cm³/mol. The van der Waals surface area contributed by atoms with E-state index in [4.69, 9.17) is 0 Å². The number of aryl methyl sites for hydroxylation is 1. The fourth-order valence-corrected chi connectivity index (χ4v) is 3.75. The molecule has 9 heteroatoms. The summed E-state index contributed by atoms with van der Waals surface area (Å²) in [6.07, 6.45) is 1.59. The third kappa shape index (κ3) is 3.43. The maximum Gasteiger partial charge on any atom is 0.358 e. The lowest BCUT2D eigenvalue weighted by molar-refractivity contribution is 0.0590. The molecule has 0 radical (unpaired) electrons. The molecule has 2 aromatic rings. The molecule has 0 fully saturated rings. The molecule has 0 aliphatic rings.